The number of allylic oxidation sites excluding steroid dienone is 2. The summed E-state index contributed by atoms with van der Waals surface area (Å²) in [7, 11) is 0. The molecule has 0 atom stereocenters. The molecule has 164 valence electrons. The summed E-state index contributed by atoms with van der Waals surface area (Å²) in [6.07, 6.45) is 5.91. The van der Waals surface area contributed by atoms with Crippen LogP contribution in [-0.4, -0.2) is 21.0 Å². The molecule has 0 aromatic rings. The lowest BCUT2D eigenvalue weighted by Crippen LogP contribution is -2.20. The molecule has 0 aliphatic heterocycles. The minimum absolute atomic E-state index is 0. The summed E-state index contributed by atoms with van der Waals surface area (Å²) in [5.41, 5.74) is 3.17. The Morgan fingerprint density at radius 2 is 1.19 bits per heavy atom. The monoisotopic (exact) mass is 416 g/mol. The normalized spacial score (nSPS) is 11.9. The van der Waals surface area contributed by atoms with Gasteiger partial charge < -0.3 is 0 Å². The largest absolute Gasteiger partial charge is 0.156 e. The van der Waals surface area contributed by atoms with Gasteiger partial charge in [-0.25, -0.2) is 0 Å². The van der Waals surface area contributed by atoms with Crippen molar-refractivity contribution in [1.29, 1.82) is 0 Å². The molecule has 0 bridgehead atoms. The van der Waals surface area contributed by atoms with Crippen molar-refractivity contribution in [3.63, 3.8) is 0 Å². The van der Waals surface area contributed by atoms with Crippen molar-refractivity contribution in [2.45, 2.75) is 118 Å². The van der Waals surface area contributed by atoms with Gasteiger partial charge >= 0.3 is 0 Å². The molecule has 0 aliphatic rings. The molecule has 2 heteroatoms. The fraction of sp³-hybridized carbons (Fsp3) is 0.840. The Kier molecular flexibility index (Phi) is 17.8. The third kappa shape index (κ3) is 26.2. The Balaban J connectivity index is -0.000000416. The van der Waals surface area contributed by atoms with Gasteiger partial charge in [-0.1, -0.05) is 101 Å². The highest BCUT2D eigenvalue weighted by Crippen LogP contribution is 2.35. The Bertz CT molecular complexity index is 392. The van der Waals surface area contributed by atoms with Crippen molar-refractivity contribution < 1.29 is 0 Å². The molecule has 0 aromatic heterocycles. The lowest BCUT2D eigenvalue weighted by atomic mass is 9.87. The van der Waals surface area contributed by atoms with Gasteiger partial charge in [-0.15, -0.1) is 0 Å². The summed E-state index contributed by atoms with van der Waals surface area (Å²) >= 11 is 4.10. The third-order valence-electron chi connectivity index (χ3n) is 3.83. The van der Waals surface area contributed by atoms with Crippen LogP contribution in [0.25, 0.3) is 0 Å². The second-order valence-electron chi connectivity index (χ2n) is 10.0. The Labute approximate surface area is 182 Å². The van der Waals surface area contributed by atoms with E-state index in [9.17, 15) is 0 Å². The van der Waals surface area contributed by atoms with Gasteiger partial charge in [-0.05, 0) is 49.0 Å². The predicted molar refractivity (Wildman–Crippen MR) is 138 cm³/mol. The van der Waals surface area contributed by atoms with E-state index < -0.39 is 0 Å². The van der Waals surface area contributed by atoms with Gasteiger partial charge in [0.25, 0.3) is 0 Å². The second kappa shape index (κ2) is 15.1. The van der Waals surface area contributed by atoms with Crippen molar-refractivity contribution in [3.8, 4) is 0 Å². The molecule has 0 unspecified atom stereocenters. The molecule has 0 spiro atoms. The Morgan fingerprint density at radius 1 is 0.741 bits per heavy atom. The van der Waals surface area contributed by atoms with Crippen LogP contribution in [0.4, 0.5) is 0 Å². The maximum atomic E-state index is 4.09. The first kappa shape index (κ1) is 31.9. The molecule has 0 amide bonds. The van der Waals surface area contributed by atoms with Gasteiger partial charge in [0, 0.05) is 9.49 Å². The molecule has 0 radical (unpaired) electrons. The zero-order valence-corrected chi connectivity index (χ0v) is 21.3. The van der Waals surface area contributed by atoms with Crippen LogP contribution in [0.1, 0.15) is 109 Å². The lowest BCUT2D eigenvalue weighted by Gasteiger charge is -2.29. The molecule has 0 fully saturated rings. The van der Waals surface area contributed by atoms with Crippen LogP contribution in [0.5, 0.6) is 0 Å². The summed E-state index contributed by atoms with van der Waals surface area (Å²) in [6.45, 7) is 30.8. The zero-order valence-electron chi connectivity index (χ0n) is 19.7. The summed E-state index contributed by atoms with van der Waals surface area (Å²) in [6, 6.07) is 0. The molecule has 0 rings (SSSR count). The van der Waals surface area contributed by atoms with Crippen molar-refractivity contribution in [1.82, 2.24) is 0 Å². The second-order valence-corrected chi connectivity index (χ2v) is 13.7. The third-order valence-corrected chi connectivity index (χ3v) is 6.98. The van der Waals surface area contributed by atoms with Gasteiger partial charge in [0.15, 0.2) is 0 Å². The van der Waals surface area contributed by atoms with E-state index in [2.05, 4.69) is 94.2 Å². The van der Waals surface area contributed by atoms with Crippen molar-refractivity contribution in [2.75, 3.05) is 11.5 Å². The van der Waals surface area contributed by atoms with Crippen LogP contribution in [0.3, 0.4) is 0 Å². The highest BCUT2D eigenvalue weighted by molar-refractivity contribution is 8.00. The average molecular weight is 417 g/mol. The van der Waals surface area contributed by atoms with Crippen LogP contribution in [-0.2, 0) is 0 Å². The molecule has 0 aliphatic carbocycles. The molecular formula is C25H52S2. The van der Waals surface area contributed by atoms with Gasteiger partial charge in [0.05, 0.1) is 0 Å². The van der Waals surface area contributed by atoms with E-state index in [1.165, 1.54) is 35.5 Å². The highest BCUT2D eigenvalue weighted by Gasteiger charge is 2.22. The summed E-state index contributed by atoms with van der Waals surface area (Å²) in [5, 5.41) is 0. The van der Waals surface area contributed by atoms with Crippen molar-refractivity contribution in [3.05, 3.63) is 24.3 Å². The SMILES string of the molecule is C.C=C(CC)CC(C)(C)CSC(C)(C)C.C=C(CC)CCCSC(C)(C)C. The van der Waals surface area contributed by atoms with E-state index >= 15 is 0 Å². The maximum absolute atomic E-state index is 4.09. The van der Waals surface area contributed by atoms with Gasteiger partial charge in [-0.3, -0.25) is 0 Å². The van der Waals surface area contributed by atoms with E-state index in [0.717, 1.165) is 19.3 Å². The summed E-state index contributed by atoms with van der Waals surface area (Å²) in [4.78, 5) is 0. The maximum Gasteiger partial charge on any atom is 0.00753 e. The number of hydrogen-bond donors (Lipinski definition) is 0. The molecule has 0 saturated carbocycles. The molecule has 27 heavy (non-hydrogen) atoms. The minimum atomic E-state index is 0. The molecule has 0 N–H and O–H groups in total. The topological polar surface area (TPSA) is 0 Å². The van der Waals surface area contributed by atoms with Crippen LogP contribution in [0.2, 0.25) is 0 Å². The van der Waals surface area contributed by atoms with Gasteiger partial charge in [-0.2, -0.15) is 23.5 Å². The zero-order chi connectivity index (χ0) is 21.0. The van der Waals surface area contributed by atoms with Crippen LogP contribution in [0, 0.1) is 5.41 Å². The molecule has 0 heterocycles. The van der Waals surface area contributed by atoms with E-state index in [4.69, 9.17) is 0 Å². The van der Waals surface area contributed by atoms with Crippen molar-refractivity contribution in [2.24, 2.45) is 5.41 Å². The van der Waals surface area contributed by atoms with E-state index in [1.807, 2.05) is 11.8 Å². The number of rotatable bonds is 10. The standard InChI is InChI=1S/C13H26S.C11H22S.CH4/c1-8-11(2)9-13(6,7)10-14-12(3,4)5;1-6-10(2)8-7-9-12-11(3,4)5;/h2,8-10H2,1,3-7H3;2,6-9H2,1,3-5H3;1H4. The average Bonchev–Trinajstić information content (AvgIpc) is 2.48. The van der Waals surface area contributed by atoms with Gasteiger partial charge in [0.1, 0.15) is 0 Å². The van der Waals surface area contributed by atoms with E-state index in [-0.39, 0.29) is 7.43 Å². The van der Waals surface area contributed by atoms with Crippen LogP contribution in [0.15, 0.2) is 24.3 Å². The molecule has 0 saturated heterocycles. The highest BCUT2D eigenvalue weighted by atomic mass is 32.2. The number of thioether (sulfide) groups is 2. The lowest BCUT2D eigenvalue weighted by molar-refractivity contribution is 0.415. The molecular weight excluding hydrogens is 364 g/mol. The van der Waals surface area contributed by atoms with Gasteiger partial charge in [0.2, 0.25) is 0 Å². The predicted octanol–water partition coefficient (Wildman–Crippen LogP) is 9.80. The van der Waals surface area contributed by atoms with Crippen LogP contribution < -0.4 is 0 Å². The number of hydrogen-bond acceptors (Lipinski definition) is 2. The quantitative estimate of drug-likeness (QED) is 0.256. The fourth-order valence-corrected chi connectivity index (χ4v) is 3.97. The first-order valence-electron chi connectivity index (χ1n) is 10.2. The summed E-state index contributed by atoms with van der Waals surface area (Å²) in [5.74, 6) is 2.48. The summed E-state index contributed by atoms with van der Waals surface area (Å²) < 4.78 is 0.804. The van der Waals surface area contributed by atoms with Crippen LogP contribution >= 0.6 is 23.5 Å². The first-order chi connectivity index (χ1) is 11.6. The smallest absolute Gasteiger partial charge is 0.00753 e. The Morgan fingerprint density at radius 3 is 1.56 bits per heavy atom. The van der Waals surface area contributed by atoms with E-state index in [0.29, 0.717) is 14.9 Å². The first-order valence-corrected chi connectivity index (χ1v) is 12.2. The Hall–Kier alpha value is 0.180. The van der Waals surface area contributed by atoms with E-state index in [1.54, 1.807) is 0 Å². The fourth-order valence-electron chi connectivity index (χ4n) is 2.14. The minimum Gasteiger partial charge on any atom is -0.156 e. The van der Waals surface area contributed by atoms with Crippen molar-refractivity contribution >= 4 is 23.5 Å². The molecule has 0 nitrogen and oxygen atoms in total. The molecule has 0 aromatic carbocycles.